The van der Waals surface area contributed by atoms with E-state index in [9.17, 15) is 0 Å². The van der Waals surface area contributed by atoms with Gasteiger partial charge in [0, 0.05) is 17.1 Å². The van der Waals surface area contributed by atoms with Crippen LogP contribution in [0.3, 0.4) is 0 Å². The zero-order valence-electron chi connectivity index (χ0n) is 12.1. The maximum atomic E-state index is 9.02. The van der Waals surface area contributed by atoms with E-state index < -0.39 is 0 Å². The Morgan fingerprint density at radius 2 is 1.91 bits per heavy atom. The lowest BCUT2D eigenvalue weighted by molar-refractivity contribution is 0.382. The molecule has 0 aliphatic carbocycles. The van der Waals surface area contributed by atoms with Gasteiger partial charge < -0.3 is 9.47 Å². The van der Waals surface area contributed by atoms with Crippen molar-refractivity contribution in [1.29, 1.82) is 5.26 Å². The molecule has 0 spiro atoms. The highest BCUT2D eigenvalue weighted by Crippen LogP contribution is 2.30. The van der Waals surface area contributed by atoms with E-state index in [0.29, 0.717) is 17.1 Å². The lowest BCUT2D eigenvalue weighted by Gasteiger charge is -2.09. The van der Waals surface area contributed by atoms with Crippen molar-refractivity contribution in [2.45, 2.75) is 0 Å². The number of nitriles is 1. The van der Waals surface area contributed by atoms with Crippen LogP contribution in [0.15, 0.2) is 36.5 Å². The van der Waals surface area contributed by atoms with E-state index >= 15 is 0 Å². The number of fused-ring (bicyclic) bond motifs is 1. The van der Waals surface area contributed by atoms with Crippen molar-refractivity contribution in [2.24, 2.45) is 0 Å². The Morgan fingerprint density at radius 1 is 1.05 bits per heavy atom. The van der Waals surface area contributed by atoms with E-state index in [1.807, 2.05) is 24.3 Å². The number of hydrogen-bond acceptors (Lipinski definition) is 6. The summed E-state index contributed by atoms with van der Waals surface area (Å²) in [7, 11) is 3.12. The normalized spacial score (nSPS) is 10.2. The largest absolute Gasteiger partial charge is 0.497 e. The molecular formula is C16H12N4O2. The third-order valence-electron chi connectivity index (χ3n) is 3.21. The van der Waals surface area contributed by atoms with Crippen LogP contribution >= 0.6 is 0 Å². The lowest BCUT2D eigenvalue weighted by Crippen LogP contribution is -1.97. The molecule has 2 aromatic heterocycles. The Bertz CT molecular complexity index is 887. The minimum absolute atomic E-state index is 0.267. The summed E-state index contributed by atoms with van der Waals surface area (Å²) < 4.78 is 10.4. The zero-order valence-corrected chi connectivity index (χ0v) is 12.1. The molecule has 3 rings (SSSR count). The smallest absolute Gasteiger partial charge is 0.317 e. The lowest BCUT2D eigenvalue weighted by atomic mass is 10.1. The number of hydrogen-bond donors (Lipinski definition) is 0. The Kier molecular flexibility index (Phi) is 3.54. The van der Waals surface area contributed by atoms with E-state index in [1.54, 1.807) is 25.4 Å². The van der Waals surface area contributed by atoms with Gasteiger partial charge in [-0.2, -0.15) is 15.2 Å². The molecule has 108 valence electrons. The molecule has 0 atom stereocenters. The minimum atomic E-state index is 0.267. The van der Waals surface area contributed by atoms with Crippen molar-refractivity contribution in [2.75, 3.05) is 14.2 Å². The zero-order chi connectivity index (χ0) is 15.5. The standard InChI is InChI=1S/C16H12N4O2/c1-21-12-3-4-14-13(8-12)15(20-16(19-14)22-2)10-5-6-18-11(7-10)9-17/h3-8H,1-2H3. The van der Waals surface area contributed by atoms with Gasteiger partial charge in [-0.1, -0.05) is 0 Å². The summed E-state index contributed by atoms with van der Waals surface area (Å²) in [5.74, 6) is 0.706. The van der Waals surface area contributed by atoms with Crippen LogP contribution in [0.25, 0.3) is 22.2 Å². The molecule has 22 heavy (non-hydrogen) atoms. The third kappa shape index (κ3) is 2.40. The first-order valence-corrected chi connectivity index (χ1v) is 6.51. The van der Waals surface area contributed by atoms with Crippen LogP contribution in [0.2, 0.25) is 0 Å². The molecule has 1 aromatic carbocycles. The second-order valence-electron chi connectivity index (χ2n) is 4.48. The number of benzene rings is 1. The SMILES string of the molecule is COc1ccc2nc(OC)nc(-c3ccnc(C#N)c3)c2c1. The quantitative estimate of drug-likeness (QED) is 0.738. The monoisotopic (exact) mass is 292 g/mol. The molecule has 0 fully saturated rings. The second-order valence-corrected chi connectivity index (χ2v) is 4.48. The van der Waals surface area contributed by atoms with Gasteiger partial charge >= 0.3 is 6.01 Å². The predicted molar refractivity (Wildman–Crippen MR) is 80.6 cm³/mol. The highest BCUT2D eigenvalue weighted by atomic mass is 16.5. The molecule has 0 aliphatic heterocycles. The van der Waals surface area contributed by atoms with E-state index in [4.69, 9.17) is 14.7 Å². The number of ether oxygens (including phenoxy) is 2. The summed E-state index contributed by atoms with van der Waals surface area (Å²) in [6.45, 7) is 0. The number of methoxy groups -OCH3 is 2. The second kappa shape index (κ2) is 5.66. The van der Waals surface area contributed by atoms with Gasteiger partial charge in [-0.25, -0.2) is 4.98 Å². The molecule has 0 radical (unpaired) electrons. The predicted octanol–water partition coefficient (Wildman–Crippen LogP) is 2.58. The maximum Gasteiger partial charge on any atom is 0.317 e. The molecule has 0 amide bonds. The first-order chi connectivity index (χ1) is 10.7. The van der Waals surface area contributed by atoms with Crippen molar-refractivity contribution >= 4 is 10.9 Å². The van der Waals surface area contributed by atoms with E-state index in [0.717, 1.165) is 16.5 Å². The fourth-order valence-electron chi connectivity index (χ4n) is 2.16. The molecule has 0 aliphatic rings. The summed E-state index contributed by atoms with van der Waals surface area (Å²) in [4.78, 5) is 12.7. The van der Waals surface area contributed by atoms with Crippen LogP contribution < -0.4 is 9.47 Å². The van der Waals surface area contributed by atoms with Crippen molar-refractivity contribution in [3.63, 3.8) is 0 Å². The fourth-order valence-corrected chi connectivity index (χ4v) is 2.16. The van der Waals surface area contributed by atoms with E-state index in [2.05, 4.69) is 15.0 Å². The Labute approximate surface area is 127 Å². The first-order valence-electron chi connectivity index (χ1n) is 6.51. The summed E-state index contributed by atoms with van der Waals surface area (Å²) in [5, 5.41) is 9.83. The molecule has 6 heteroatoms. The van der Waals surface area contributed by atoms with Crippen LogP contribution in [0, 0.1) is 11.3 Å². The Balaban J connectivity index is 2.32. The summed E-state index contributed by atoms with van der Waals surface area (Å²) in [5.41, 5.74) is 2.49. The van der Waals surface area contributed by atoms with Crippen LogP contribution in [0.5, 0.6) is 11.8 Å². The average Bonchev–Trinajstić information content (AvgIpc) is 2.60. The molecule has 6 nitrogen and oxygen atoms in total. The minimum Gasteiger partial charge on any atom is -0.497 e. The van der Waals surface area contributed by atoms with Crippen LogP contribution in [0.4, 0.5) is 0 Å². The average molecular weight is 292 g/mol. The molecule has 0 saturated carbocycles. The highest BCUT2D eigenvalue weighted by Gasteiger charge is 2.12. The summed E-state index contributed by atoms with van der Waals surface area (Å²) >= 11 is 0. The van der Waals surface area contributed by atoms with Crippen LogP contribution in [-0.2, 0) is 0 Å². The Hall–Kier alpha value is -3.20. The van der Waals surface area contributed by atoms with Crippen molar-refractivity contribution in [3.05, 3.63) is 42.2 Å². The van der Waals surface area contributed by atoms with Gasteiger partial charge in [-0.15, -0.1) is 0 Å². The Morgan fingerprint density at radius 3 is 2.64 bits per heavy atom. The first kappa shape index (κ1) is 13.8. The van der Waals surface area contributed by atoms with Crippen molar-refractivity contribution in [1.82, 2.24) is 15.0 Å². The van der Waals surface area contributed by atoms with Gasteiger partial charge in [0.15, 0.2) is 0 Å². The van der Waals surface area contributed by atoms with Gasteiger partial charge in [-0.05, 0) is 30.3 Å². The van der Waals surface area contributed by atoms with Gasteiger partial charge in [0.25, 0.3) is 0 Å². The molecule has 0 unspecified atom stereocenters. The van der Waals surface area contributed by atoms with Gasteiger partial charge in [0.05, 0.1) is 25.4 Å². The topological polar surface area (TPSA) is 80.9 Å². The number of nitrogens with zero attached hydrogens (tertiary/aromatic N) is 4. The van der Waals surface area contributed by atoms with Crippen molar-refractivity contribution < 1.29 is 9.47 Å². The molecular weight excluding hydrogens is 280 g/mol. The summed E-state index contributed by atoms with van der Waals surface area (Å²) in [6, 6.07) is 11.3. The number of aromatic nitrogens is 3. The highest BCUT2D eigenvalue weighted by molar-refractivity contribution is 5.93. The molecule has 0 saturated heterocycles. The van der Waals surface area contributed by atoms with E-state index in [-0.39, 0.29) is 6.01 Å². The van der Waals surface area contributed by atoms with E-state index in [1.165, 1.54) is 7.11 Å². The third-order valence-corrected chi connectivity index (χ3v) is 3.21. The van der Waals surface area contributed by atoms with Crippen LogP contribution in [-0.4, -0.2) is 29.2 Å². The molecule has 0 N–H and O–H groups in total. The maximum absolute atomic E-state index is 9.02. The van der Waals surface area contributed by atoms with Gasteiger partial charge in [-0.3, -0.25) is 0 Å². The molecule has 0 bridgehead atoms. The number of rotatable bonds is 3. The molecule has 2 heterocycles. The summed E-state index contributed by atoms with van der Waals surface area (Å²) in [6.07, 6.45) is 1.58. The van der Waals surface area contributed by atoms with Crippen LogP contribution in [0.1, 0.15) is 5.69 Å². The number of pyridine rings is 1. The fraction of sp³-hybridized carbons (Fsp3) is 0.125. The van der Waals surface area contributed by atoms with Gasteiger partial charge in [0.1, 0.15) is 17.5 Å². The molecule has 3 aromatic rings. The van der Waals surface area contributed by atoms with Gasteiger partial charge in [0.2, 0.25) is 0 Å². The van der Waals surface area contributed by atoms with Crippen molar-refractivity contribution in [3.8, 4) is 29.1 Å².